The Morgan fingerprint density at radius 3 is 2.14 bits per heavy atom. The number of nitrogens with zero attached hydrogens (tertiary/aromatic N) is 1. The van der Waals surface area contributed by atoms with E-state index < -0.39 is 0 Å². The molecule has 1 aromatic carbocycles. The molecule has 2 heteroatoms. The molecule has 0 unspecified atom stereocenters. The van der Waals surface area contributed by atoms with E-state index in [0.29, 0.717) is 0 Å². The highest BCUT2D eigenvalue weighted by Crippen LogP contribution is 2.09. The molecule has 1 nitrogen and oxygen atoms in total. The monoisotopic (exact) mass is 192 g/mol. The van der Waals surface area contributed by atoms with Crippen LogP contribution >= 0.6 is 0 Å². The lowest BCUT2D eigenvalue weighted by molar-refractivity contribution is -0.903. The van der Waals surface area contributed by atoms with Crippen molar-refractivity contribution in [3.8, 4) is 0 Å². The largest absolute Gasteiger partial charge is 0.325 e. The van der Waals surface area contributed by atoms with E-state index in [2.05, 4.69) is 51.4 Å². The van der Waals surface area contributed by atoms with Crippen LogP contribution in [0.4, 0.5) is 0 Å². The van der Waals surface area contributed by atoms with Crippen molar-refractivity contribution in [1.29, 1.82) is 0 Å². The molecule has 0 aromatic heterocycles. The molecule has 0 saturated carbocycles. The van der Waals surface area contributed by atoms with Crippen LogP contribution < -0.4 is 0 Å². The van der Waals surface area contributed by atoms with Gasteiger partial charge in [-0.25, -0.2) is 0 Å². The van der Waals surface area contributed by atoms with Gasteiger partial charge in [0.1, 0.15) is 6.54 Å². The molecular weight excluding hydrogens is 169 g/mol. The number of benzene rings is 1. The predicted molar refractivity (Wildman–Crippen MR) is 67.4 cm³/mol. The first-order chi connectivity index (χ1) is 6.14. The SMILES string of the molecule is B.CCC[N+](C)(C)Cc1ccccc1. The van der Waals surface area contributed by atoms with Gasteiger partial charge in [0, 0.05) is 5.56 Å². The Bertz CT molecular complexity index is 244. The van der Waals surface area contributed by atoms with Crippen molar-refractivity contribution in [2.45, 2.75) is 19.9 Å². The molecule has 0 amide bonds. The minimum absolute atomic E-state index is 0. The van der Waals surface area contributed by atoms with Crippen molar-refractivity contribution in [2.24, 2.45) is 0 Å². The third kappa shape index (κ3) is 4.47. The Morgan fingerprint density at radius 1 is 1.07 bits per heavy atom. The third-order valence-corrected chi connectivity index (χ3v) is 2.28. The van der Waals surface area contributed by atoms with Crippen LogP contribution in [0.25, 0.3) is 0 Å². The summed E-state index contributed by atoms with van der Waals surface area (Å²) in [6, 6.07) is 10.7. The van der Waals surface area contributed by atoms with Crippen LogP contribution in [0.1, 0.15) is 18.9 Å². The summed E-state index contributed by atoms with van der Waals surface area (Å²) in [5.74, 6) is 0. The van der Waals surface area contributed by atoms with Gasteiger partial charge in [-0.1, -0.05) is 37.3 Å². The van der Waals surface area contributed by atoms with Gasteiger partial charge in [0.2, 0.25) is 0 Å². The molecule has 0 fully saturated rings. The summed E-state index contributed by atoms with van der Waals surface area (Å²) in [4.78, 5) is 0. The molecule has 0 aliphatic carbocycles. The van der Waals surface area contributed by atoms with E-state index >= 15 is 0 Å². The summed E-state index contributed by atoms with van der Waals surface area (Å²) in [5, 5.41) is 0. The van der Waals surface area contributed by atoms with Crippen molar-refractivity contribution in [2.75, 3.05) is 20.6 Å². The fraction of sp³-hybridized carbons (Fsp3) is 0.500. The zero-order chi connectivity index (χ0) is 9.73. The van der Waals surface area contributed by atoms with E-state index in [1.54, 1.807) is 0 Å². The standard InChI is InChI=1S/C12H20N.BH3/c1-4-10-13(2,3)11-12-8-6-5-7-9-12;/h5-9H,4,10-11H2,1-3H3;1H3/q+1;. The van der Waals surface area contributed by atoms with Crippen LogP contribution in [0.3, 0.4) is 0 Å². The summed E-state index contributed by atoms with van der Waals surface area (Å²) in [6.07, 6.45) is 1.25. The van der Waals surface area contributed by atoms with Crippen LogP contribution in [0.2, 0.25) is 0 Å². The topological polar surface area (TPSA) is 0 Å². The Kier molecular flexibility index (Phi) is 5.55. The summed E-state index contributed by atoms with van der Waals surface area (Å²) in [5.41, 5.74) is 1.43. The Labute approximate surface area is 89.9 Å². The summed E-state index contributed by atoms with van der Waals surface area (Å²) in [6.45, 7) is 4.62. The van der Waals surface area contributed by atoms with Gasteiger partial charge in [-0.15, -0.1) is 0 Å². The second-order valence-corrected chi connectivity index (χ2v) is 4.30. The highest BCUT2D eigenvalue weighted by molar-refractivity contribution is 5.75. The molecule has 0 saturated heterocycles. The number of hydrogen-bond acceptors (Lipinski definition) is 0. The second kappa shape index (κ2) is 5.87. The zero-order valence-corrected chi connectivity index (χ0v) is 8.96. The lowest BCUT2D eigenvalue weighted by Gasteiger charge is -2.29. The molecule has 0 radical (unpaired) electrons. The summed E-state index contributed by atoms with van der Waals surface area (Å²) >= 11 is 0. The van der Waals surface area contributed by atoms with E-state index in [1.165, 1.54) is 18.5 Å². The molecular formula is C12H23BN+. The number of quaternary nitrogens is 1. The molecule has 1 aromatic rings. The molecule has 0 N–H and O–H groups in total. The van der Waals surface area contributed by atoms with Crippen LogP contribution in [-0.2, 0) is 6.54 Å². The predicted octanol–water partition coefficient (Wildman–Crippen LogP) is 1.49. The highest BCUT2D eigenvalue weighted by atomic mass is 15.3. The molecule has 0 spiro atoms. The van der Waals surface area contributed by atoms with Gasteiger partial charge >= 0.3 is 0 Å². The molecule has 0 aliphatic rings. The Hall–Kier alpha value is -0.755. The lowest BCUT2D eigenvalue weighted by atomic mass is 10.2. The van der Waals surface area contributed by atoms with E-state index in [0.717, 1.165) is 11.0 Å². The van der Waals surface area contributed by atoms with Gasteiger partial charge < -0.3 is 4.48 Å². The molecule has 0 atom stereocenters. The maximum absolute atomic E-state index is 2.29. The maximum atomic E-state index is 2.29. The smallest absolute Gasteiger partial charge is 0.104 e. The average Bonchev–Trinajstić information content (AvgIpc) is 2.04. The quantitative estimate of drug-likeness (QED) is 0.500. The minimum Gasteiger partial charge on any atom is -0.325 e. The van der Waals surface area contributed by atoms with Gasteiger partial charge in [-0.2, -0.15) is 0 Å². The van der Waals surface area contributed by atoms with E-state index in [1.807, 2.05) is 0 Å². The minimum atomic E-state index is 0. The van der Waals surface area contributed by atoms with E-state index in [4.69, 9.17) is 0 Å². The van der Waals surface area contributed by atoms with Crippen molar-refractivity contribution >= 4 is 8.41 Å². The Morgan fingerprint density at radius 2 is 1.64 bits per heavy atom. The van der Waals surface area contributed by atoms with Crippen LogP contribution in [-0.4, -0.2) is 33.5 Å². The van der Waals surface area contributed by atoms with Gasteiger partial charge in [-0.3, -0.25) is 0 Å². The number of hydrogen-bond donors (Lipinski definition) is 0. The zero-order valence-electron chi connectivity index (χ0n) is 8.96. The van der Waals surface area contributed by atoms with Gasteiger partial charge in [0.25, 0.3) is 0 Å². The molecule has 0 bridgehead atoms. The fourth-order valence-electron chi connectivity index (χ4n) is 1.76. The van der Waals surface area contributed by atoms with Crippen molar-refractivity contribution in [3.63, 3.8) is 0 Å². The molecule has 78 valence electrons. The first-order valence-corrected chi connectivity index (χ1v) is 5.00. The first-order valence-electron chi connectivity index (χ1n) is 5.00. The van der Waals surface area contributed by atoms with Crippen molar-refractivity contribution < 1.29 is 4.48 Å². The van der Waals surface area contributed by atoms with Gasteiger partial charge in [-0.05, 0) is 6.42 Å². The van der Waals surface area contributed by atoms with Crippen molar-refractivity contribution in [3.05, 3.63) is 35.9 Å². The van der Waals surface area contributed by atoms with Crippen LogP contribution in [0.5, 0.6) is 0 Å². The van der Waals surface area contributed by atoms with Gasteiger partial charge in [0.05, 0.1) is 29.1 Å². The van der Waals surface area contributed by atoms with Crippen LogP contribution in [0.15, 0.2) is 30.3 Å². The Balaban J connectivity index is 0.00000169. The van der Waals surface area contributed by atoms with Crippen molar-refractivity contribution in [1.82, 2.24) is 0 Å². The highest BCUT2D eigenvalue weighted by Gasteiger charge is 2.13. The maximum Gasteiger partial charge on any atom is 0.104 e. The normalized spacial score (nSPS) is 10.8. The molecule has 0 heterocycles. The lowest BCUT2D eigenvalue weighted by Crippen LogP contribution is -2.39. The number of rotatable bonds is 4. The average molecular weight is 192 g/mol. The molecule has 14 heavy (non-hydrogen) atoms. The first kappa shape index (κ1) is 13.2. The van der Waals surface area contributed by atoms with Gasteiger partial charge in [0.15, 0.2) is 0 Å². The van der Waals surface area contributed by atoms with E-state index in [9.17, 15) is 0 Å². The molecule has 0 aliphatic heterocycles. The summed E-state index contributed by atoms with van der Waals surface area (Å²) < 4.78 is 1.08. The fourth-order valence-corrected chi connectivity index (χ4v) is 1.76. The van der Waals surface area contributed by atoms with Crippen LogP contribution in [0, 0.1) is 0 Å². The molecule has 1 rings (SSSR count). The second-order valence-electron chi connectivity index (χ2n) is 4.30. The third-order valence-electron chi connectivity index (χ3n) is 2.28. The summed E-state index contributed by atoms with van der Waals surface area (Å²) in [7, 11) is 4.58. The van der Waals surface area contributed by atoms with E-state index in [-0.39, 0.29) is 8.41 Å².